The summed E-state index contributed by atoms with van der Waals surface area (Å²) >= 11 is 0. The van der Waals surface area contributed by atoms with Crippen molar-refractivity contribution in [3.63, 3.8) is 0 Å². The van der Waals surface area contributed by atoms with E-state index in [0.717, 1.165) is 12.0 Å². The predicted molar refractivity (Wildman–Crippen MR) is 110 cm³/mol. The number of carbonyl (C=O) groups excluding carboxylic acids is 1. The van der Waals surface area contributed by atoms with Crippen molar-refractivity contribution >= 4 is 17.6 Å². The molecule has 146 valence electrons. The van der Waals surface area contributed by atoms with Crippen molar-refractivity contribution in [3.05, 3.63) is 75.7 Å². The molecule has 1 amide bonds. The molecule has 7 heteroatoms. The van der Waals surface area contributed by atoms with Crippen molar-refractivity contribution in [1.82, 2.24) is 14.7 Å². The second kappa shape index (κ2) is 8.85. The van der Waals surface area contributed by atoms with E-state index in [1.807, 2.05) is 18.2 Å². The first-order valence-corrected chi connectivity index (χ1v) is 9.25. The zero-order valence-electron chi connectivity index (χ0n) is 16.2. The fourth-order valence-electron chi connectivity index (χ4n) is 2.74. The standard InChI is InChI=1S/C22H20N4O3/c1-3-15-8-10-17(11-9-15)29-21-18(13-16(14-23)20(27)24-4-2)22(28)26-12-6-5-7-19(26)25-21/h5-13H,3-4H2,1-2H3,(H,24,27)/b16-13+. The van der Waals surface area contributed by atoms with Gasteiger partial charge in [0.2, 0.25) is 5.88 Å². The van der Waals surface area contributed by atoms with Crippen LogP contribution in [0.15, 0.2) is 59.0 Å². The number of fused-ring (bicyclic) bond motifs is 1. The van der Waals surface area contributed by atoms with Crippen molar-refractivity contribution in [2.45, 2.75) is 20.3 Å². The Morgan fingerprint density at radius 2 is 2.00 bits per heavy atom. The minimum atomic E-state index is -0.564. The number of nitriles is 1. The van der Waals surface area contributed by atoms with Crippen molar-refractivity contribution in [1.29, 1.82) is 5.26 Å². The fraction of sp³-hybridized carbons (Fsp3) is 0.182. The van der Waals surface area contributed by atoms with E-state index in [1.165, 1.54) is 10.5 Å². The van der Waals surface area contributed by atoms with Gasteiger partial charge in [0.05, 0.1) is 0 Å². The summed E-state index contributed by atoms with van der Waals surface area (Å²) in [6.07, 6.45) is 3.68. The normalized spacial score (nSPS) is 11.1. The molecular weight excluding hydrogens is 368 g/mol. The van der Waals surface area contributed by atoms with Crippen LogP contribution in [0.4, 0.5) is 0 Å². The molecular formula is C22H20N4O3. The smallest absolute Gasteiger partial charge is 0.269 e. The van der Waals surface area contributed by atoms with Gasteiger partial charge in [0, 0.05) is 12.7 Å². The minimum Gasteiger partial charge on any atom is -0.438 e. The number of amides is 1. The Morgan fingerprint density at radius 1 is 1.24 bits per heavy atom. The number of aryl methyl sites for hydroxylation is 1. The highest BCUT2D eigenvalue weighted by Crippen LogP contribution is 2.24. The lowest BCUT2D eigenvalue weighted by Crippen LogP contribution is -2.25. The second-order valence-electron chi connectivity index (χ2n) is 6.19. The summed E-state index contributed by atoms with van der Waals surface area (Å²) in [7, 11) is 0. The Morgan fingerprint density at radius 3 is 2.66 bits per heavy atom. The summed E-state index contributed by atoms with van der Waals surface area (Å²) in [5, 5.41) is 11.9. The molecule has 0 aliphatic heterocycles. The van der Waals surface area contributed by atoms with Crippen LogP contribution in [0.25, 0.3) is 11.7 Å². The number of hydrogen-bond donors (Lipinski definition) is 1. The number of rotatable bonds is 6. The van der Waals surface area contributed by atoms with Crippen LogP contribution >= 0.6 is 0 Å². The predicted octanol–water partition coefficient (Wildman–Crippen LogP) is 3.09. The Labute approximate surface area is 167 Å². The molecule has 0 unspecified atom stereocenters. The third kappa shape index (κ3) is 4.33. The number of nitrogens with zero attached hydrogens (tertiary/aromatic N) is 3. The summed E-state index contributed by atoms with van der Waals surface area (Å²) < 4.78 is 7.21. The summed E-state index contributed by atoms with van der Waals surface area (Å²) in [6, 6.07) is 14.4. The quantitative estimate of drug-likeness (QED) is 0.517. The molecule has 1 N–H and O–H groups in total. The van der Waals surface area contributed by atoms with Crippen LogP contribution in [0.1, 0.15) is 25.0 Å². The van der Waals surface area contributed by atoms with Gasteiger partial charge in [-0.3, -0.25) is 14.0 Å². The second-order valence-corrected chi connectivity index (χ2v) is 6.19. The summed E-state index contributed by atoms with van der Waals surface area (Å²) in [5.41, 5.74) is 0.926. The van der Waals surface area contributed by atoms with E-state index >= 15 is 0 Å². The molecule has 0 atom stereocenters. The van der Waals surface area contributed by atoms with Crippen LogP contribution in [0.3, 0.4) is 0 Å². The molecule has 0 aliphatic carbocycles. The molecule has 1 aromatic carbocycles. The van der Waals surface area contributed by atoms with Crippen molar-refractivity contribution < 1.29 is 9.53 Å². The first kappa shape index (κ1) is 19.8. The van der Waals surface area contributed by atoms with Gasteiger partial charge in [-0.2, -0.15) is 10.2 Å². The van der Waals surface area contributed by atoms with Crippen LogP contribution in [-0.2, 0) is 11.2 Å². The molecule has 0 radical (unpaired) electrons. The Bertz CT molecular complexity index is 1170. The minimum absolute atomic E-state index is 0.0241. The van der Waals surface area contributed by atoms with Gasteiger partial charge in [-0.25, -0.2) is 0 Å². The lowest BCUT2D eigenvalue weighted by atomic mass is 10.1. The van der Waals surface area contributed by atoms with Crippen LogP contribution in [0.5, 0.6) is 11.6 Å². The van der Waals surface area contributed by atoms with Gasteiger partial charge in [0.25, 0.3) is 11.5 Å². The topological polar surface area (TPSA) is 96.5 Å². The highest BCUT2D eigenvalue weighted by molar-refractivity contribution is 6.01. The molecule has 3 aromatic rings. The average Bonchev–Trinajstić information content (AvgIpc) is 2.74. The molecule has 0 bridgehead atoms. The molecule has 3 rings (SSSR count). The molecule has 7 nitrogen and oxygen atoms in total. The SMILES string of the molecule is CCNC(=O)/C(C#N)=C/c1c(Oc2ccc(CC)cc2)nc2ccccn2c1=O. The Hall–Kier alpha value is -3.92. The summed E-state index contributed by atoms with van der Waals surface area (Å²) in [6.45, 7) is 4.16. The molecule has 0 saturated heterocycles. The number of likely N-dealkylation sites (N-methyl/N-ethyl adjacent to an activating group) is 1. The number of ether oxygens (including phenoxy) is 1. The van der Waals surface area contributed by atoms with Gasteiger partial charge < -0.3 is 10.1 Å². The monoisotopic (exact) mass is 388 g/mol. The Balaban J connectivity index is 2.16. The zero-order chi connectivity index (χ0) is 20.8. The number of hydrogen-bond acceptors (Lipinski definition) is 5. The first-order chi connectivity index (χ1) is 14.1. The van der Waals surface area contributed by atoms with E-state index in [9.17, 15) is 14.9 Å². The van der Waals surface area contributed by atoms with Crippen LogP contribution in [0, 0.1) is 11.3 Å². The summed E-state index contributed by atoms with van der Waals surface area (Å²) in [5.74, 6) is -0.0335. The maximum atomic E-state index is 13.0. The molecule has 0 spiro atoms. The number of benzene rings is 1. The van der Waals surface area contributed by atoms with E-state index in [0.29, 0.717) is 17.9 Å². The molecule has 2 aromatic heterocycles. The van der Waals surface area contributed by atoms with Gasteiger partial charge in [0.1, 0.15) is 28.6 Å². The van der Waals surface area contributed by atoms with Crippen molar-refractivity contribution in [2.75, 3.05) is 6.54 Å². The highest BCUT2D eigenvalue weighted by Gasteiger charge is 2.17. The fourth-order valence-corrected chi connectivity index (χ4v) is 2.74. The number of nitrogens with one attached hydrogen (secondary N) is 1. The molecule has 0 fully saturated rings. The lowest BCUT2D eigenvalue weighted by molar-refractivity contribution is -0.116. The van der Waals surface area contributed by atoms with E-state index in [1.54, 1.807) is 43.5 Å². The molecule has 2 heterocycles. The van der Waals surface area contributed by atoms with E-state index in [4.69, 9.17) is 4.74 Å². The van der Waals surface area contributed by atoms with Gasteiger partial charge in [-0.1, -0.05) is 25.1 Å². The van der Waals surface area contributed by atoms with Gasteiger partial charge in [-0.15, -0.1) is 0 Å². The molecule has 0 saturated carbocycles. The average molecular weight is 388 g/mol. The van der Waals surface area contributed by atoms with Crippen molar-refractivity contribution in [3.8, 4) is 17.7 Å². The third-order valence-electron chi connectivity index (χ3n) is 4.27. The van der Waals surface area contributed by atoms with Gasteiger partial charge in [0.15, 0.2) is 0 Å². The molecule has 0 aliphatic rings. The lowest BCUT2D eigenvalue weighted by Gasteiger charge is -2.10. The number of aromatic nitrogens is 2. The van der Waals surface area contributed by atoms with E-state index in [2.05, 4.69) is 17.2 Å². The van der Waals surface area contributed by atoms with Crippen LogP contribution in [-0.4, -0.2) is 21.8 Å². The maximum Gasteiger partial charge on any atom is 0.269 e. The first-order valence-electron chi connectivity index (χ1n) is 9.25. The highest BCUT2D eigenvalue weighted by atomic mass is 16.5. The van der Waals surface area contributed by atoms with Gasteiger partial charge >= 0.3 is 0 Å². The van der Waals surface area contributed by atoms with Crippen LogP contribution in [0.2, 0.25) is 0 Å². The number of carbonyl (C=O) groups is 1. The zero-order valence-corrected chi connectivity index (χ0v) is 16.2. The largest absolute Gasteiger partial charge is 0.438 e. The van der Waals surface area contributed by atoms with Crippen LogP contribution < -0.4 is 15.6 Å². The maximum absolute atomic E-state index is 13.0. The van der Waals surface area contributed by atoms with E-state index in [-0.39, 0.29) is 17.0 Å². The third-order valence-corrected chi connectivity index (χ3v) is 4.27. The molecule has 29 heavy (non-hydrogen) atoms. The van der Waals surface area contributed by atoms with E-state index < -0.39 is 11.5 Å². The Kier molecular flexibility index (Phi) is 6.05. The van der Waals surface area contributed by atoms with Gasteiger partial charge in [-0.05, 0) is 49.2 Å². The number of pyridine rings is 1. The van der Waals surface area contributed by atoms with Crippen molar-refractivity contribution in [2.24, 2.45) is 0 Å². The summed E-state index contributed by atoms with van der Waals surface area (Å²) in [4.78, 5) is 29.6.